The molecule has 0 heterocycles. The third-order valence-corrected chi connectivity index (χ3v) is 2.17. The zero-order chi connectivity index (χ0) is 10.6. The normalized spacial score (nSPS) is 11.8. The van der Waals surface area contributed by atoms with Crippen LogP contribution in [0.4, 0.5) is 0 Å². The van der Waals surface area contributed by atoms with E-state index in [1.807, 2.05) is 13.8 Å². The Morgan fingerprint density at radius 2 is 1.31 bits per heavy atom. The lowest BCUT2D eigenvalue weighted by atomic mass is 9.85. The van der Waals surface area contributed by atoms with Crippen molar-refractivity contribution < 1.29 is 4.79 Å². The molecule has 0 saturated carbocycles. The number of amides is 1. The Bertz CT molecular complexity index is 153. The van der Waals surface area contributed by atoms with Crippen molar-refractivity contribution in [3.63, 3.8) is 0 Å². The summed E-state index contributed by atoms with van der Waals surface area (Å²) in [5.74, 6) is 1.17. The van der Waals surface area contributed by atoms with E-state index < -0.39 is 0 Å². The van der Waals surface area contributed by atoms with Crippen molar-refractivity contribution in [3.05, 3.63) is 0 Å². The van der Waals surface area contributed by atoms with Gasteiger partial charge in [-0.2, -0.15) is 0 Å². The Labute approximate surface area is 82.1 Å². The molecule has 0 spiro atoms. The fraction of sp³-hybridized carbons (Fsp3) is 0.909. The van der Waals surface area contributed by atoms with Gasteiger partial charge in [0.25, 0.3) is 0 Å². The van der Waals surface area contributed by atoms with Gasteiger partial charge >= 0.3 is 0 Å². The van der Waals surface area contributed by atoms with Gasteiger partial charge in [-0.1, -0.05) is 27.7 Å². The van der Waals surface area contributed by atoms with Crippen LogP contribution in [0.1, 0.15) is 41.5 Å². The molecule has 0 aliphatic heterocycles. The standard InChI is InChI=1S/C11H23NO/c1-7(2)10(8(3)4)11(13)12-9(5)6/h7-10H,1-6H3,(H,12,13). The van der Waals surface area contributed by atoms with Crippen LogP contribution in [0.3, 0.4) is 0 Å². The molecule has 0 unspecified atom stereocenters. The van der Waals surface area contributed by atoms with Gasteiger partial charge in [0.2, 0.25) is 5.91 Å². The minimum absolute atomic E-state index is 0.141. The van der Waals surface area contributed by atoms with Gasteiger partial charge < -0.3 is 5.32 Å². The molecule has 78 valence electrons. The summed E-state index contributed by atoms with van der Waals surface area (Å²) >= 11 is 0. The molecule has 1 amide bonds. The van der Waals surface area contributed by atoms with Crippen molar-refractivity contribution in [1.29, 1.82) is 0 Å². The molecule has 0 aromatic carbocycles. The highest BCUT2D eigenvalue weighted by Crippen LogP contribution is 2.20. The second-order valence-electron chi connectivity index (χ2n) is 4.68. The van der Waals surface area contributed by atoms with E-state index in [4.69, 9.17) is 0 Å². The van der Waals surface area contributed by atoms with Gasteiger partial charge in [0.15, 0.2) is 0 Å². The highest BCUT2D eigenvalue weighted by Gasteiger charge is 2.25. The minimum Gasteiger partial charge on any atom is -0.354 e. The first-order chi connectivity index (χ1) is 5.86. The SMILES string of the molecule is CC(C)NC(=O)C(C(C)C)C(C)C. The van der Waals surface area contributed by atoms with Crippen molar-refractivity contribution in [1.82, 2.24) is 5.32 Å². The maximum absolute atomic E-state index is 11.7. The highest BCUT2D eigenvalue weighted by atomic mass is 16.1. The van der Waals surface area contributed by atoms with E-state index >= 15 is 0 Å². The van der Waals surface area contributed by atoms with Gasteiger partial charge in [0.1, 0.15) is 0 Å². The first-order valence-corrected chi connectivity index (χ1v) is 5.16. The summed E-state index contributed by atoms with van der Waals surface area (Å²) < 4.78 is 0. The number of carbonyl (C=O) groups excluding carboxylic acids is 1. The quantitative estimate of drug-likeness (QED) is 0.716. The summed E-state index contributed by atoms with van der Waals surface area (Å²) in [6, 6.07) is 0.243. The van der Waals surface area contributed by atoms with Gasteiger partial charge in [-0.25, -0.2) is 0 Å². The van der Waals surface area contributed by atoms with E-state index in [1.54, 1.807) is 0 Å². The van der Waals surface area contributed by atoms with E-state index in [1.165, 1.54) is 0 Å². The molecule has 0 radical (unpaired) electrons. The Morgan fingerprint density at radius 1 is 0.923 bits per heavy atom. The lowest BCUT2D eigenvalue weighted by Gasteiger charge is -2.24. The Hall–Kier alpha value is -0.530. The van der Waals surface area contributed by atoms with Crippen molar-refractivity contribution >= 4 is 5.91 Å². The van der Waals surface area contributed by atoms with Crippen LogP contribution < -0.4 is 5.32 Å². The van der Waals surface area contributed by atoms with Crippen LogP contribution in [0.15, 0.2) is 0 Å². The first kappa shape index (κ1) is 12.5. The Morgan fingerprint density at radius 3 is 1.54 bits per heavy atom. The second-order valence-corrected chi connectivity index (χ2v) is 4.68. The summed E-state index contributed by atoms with van der Waals surface area (Å²) in [5.41, 5.74) is 0. The molecule has 1 N–H and O–H groups in total. The molecule has 13 heavy (non-hydrogen) atoms. The molecule has 0 fully saturated rings. The summed E-state index contributed by atoms with van der Waals surface area (Å²) in [5, 5.41) is 2.97. The van der Waals surface area contributed by atoms with Gasteiger partial charge in [0, 0.05) is 12.0 Å². The number of nitrogens with one attached hydrogen (secondary N) is 1. The largest absolute Gasteiger partial charge is 0.354 e. The lowest BCUT2D eigenvalue weighted by molar-refractivity contribution is -0.128. The molecule has 2 heteroatoms. The molecule has 0 rings (SSSR count). The topological polar surface area (TPSA) is 29.1 Å². The van der Waals surface area contributed by atoms with Crippen LogP contribution >= 0.6 is 0 Å². The zero-order valence-electron chi connectivity index (χ0n) is 9.72. The van der Waals surface area contributed by atoms with Crippen molar-refractivity contribution in [3.8, 4) is 0 Å². The van der Waals surface area contributed by atoms with E-state index in [-0.39, 0.29) is 17.9 Å². The molecule has 0 aliphatic rings. The molecule has 2 nitrogen and oxygen atoms in total. The number of hydrogen-bond acceptors (Lipinski definition) is 1. The van der Waals surface area contributed by atoms with Crippen molar-refractivity contribution in [2.45, 2.75) is 47.6 Å². The van der Waals surface area contributed by atoms with Gasteiger partial charge in [0.05, 0.1) is 0 Å². The third kappa shape index (κ3) is 4.30. The summed E-state index contributed by atoms with van der Waals surface area (Å²) in [6.07, 6.45) is 0. The summed E-state index contributed by atoms with van der Waals surface area (Å²) in [6.45, 7) is 12.4. The lowest BCUT2D eigenvalue weighted by Crippen LogP contribution is -2.39. The molecular formula is C11H23NO. The molecule has 0 aromatic heterocycles. The zero-order valence-corrected chi connectivity index (χ0v) is 9.72. The fourth-order valence-corrected chi connectivity index (χ4v) is 1.76. The molecule has 0 aliphatic carbocycles. The van der Waals surface area contributed by atoms with E-state index in [2.05, 4.69) is 33.0 Å². The number of carbonyl (C=O) groups is 1. The smallest absolute Gasteiger partial charge is 0.223 e. The number of hydrogen-bond donors (Lipinski definition) is 1. The van der Waals surface area contributed by atoms with Gasteiger partial charge in [-0.05, 0) is 25.7 Å². The monoisotopic (exact) mass is 185 g/mol. The van der Waals surface area contributed by atoms with Crippen LogP contribution in [-0.2, 0) is 4.79 Å². The second kappa shape index (κ2) is 5.25. The number of rotatable bonds is 4. The van der Waals surface area contributed by atoms with Crippen LogP contribution in [0.2, 0.25) is 0 Å². The Balaban J connectivity index is 4.29. The van der Waals surface area contributed by atoms with Gasteiger partial charge in [-0.15, -0.1) is 0 Å². The third-order valence-electron chi connectivity index (χ3n) is 2.17. The van der Waals surface area contributed by atoms with Crippen LogP contribution in [-0.4, -0.2) is 11.9 Å². The summed E-state index contributed by atoms with van der Waals surface area (Å²) in [7, 11) is 0. The van der Waals surface area contributed by atoms with Crippen LogP contribution in [0.25, 0.3) is 0 Å². The average Bonchev–Trinajstić information content (AvgIpc) is 1.81. The predicted octanol–water partition coefficient (Wildman–Crippen LogP) is 2.44. The molecule has 0 atom stereocenters. The fourth-order valence-electron chi connectivity index (χ4n) is 1.76. The summed E-state index contributed by atoms with van der Waals surface area (Å²) in [4.78, 5) is 11.7. The first-order valence-electron chi connectivity index (χ1n) is 5.16. The van der Waals surface area contributed by atoms with Crippen LogP contribution in [0.5, 0.6) is 0 Å². The van der Waals surface area contributed by atoms with Crippen molar-refractivity contribution in [2.75, 3.05) is 0 Å². The average molecular weight is 185 g/mol. The maximum Gasteiger partial charge on any atom is 0.223 e. The van der Waals surface area contributed by atoms with E-state index in [0.717, 1.165) is 0 Å². The molecular weight excluding hydrogens is 162 g/mol. The Kier molecular flexibility index (Phi) is 5.04. The van der Waals surface area contributed by atoms with Crippen molar-refractivity contribution in [2.24, 2.45) is 17.8 Å². The van der Waals surface area contributed by atoms with E-state index in [9.17, 15) is 4.79 Å². The maximum atomic E-state index is 11.7. The molecule has 0 saturated heterocycles. The molecule has 0 aromatic rings. The van der Waals surface area contributed by atoms with E-state index in [0.29, 0.717) is 11.8 Å². The minimum atomic E-state index is 0.141. The predicted molar refractivity (Wildman–Crippen MR) is 56.4 cm³/mol. The van der Waals surface area contributed by atoms with Crippen LogP contribution in [0, 0.1) is 17.8 Å². The molecule has 0 bridgehead atoms. The van der Waals surface area contributed by atoms with Gasteiger partial charge in [-0.3, -0.25) is 4.79 Å². The highest BCUT2D eigenvalue weighted by molar-refractivity contribution is 5.79.